The number of carbonyl (C=O) groups excluding carboxylic acids is 4. The second-order valence-electron chi connectivity index (χ2n) is 11.8. The quantitative estimate of drug-likeness (QED) is 0.0235. The minimum absolute atomic E-state index is 0.342. The molecule has 4 aromatic carbocycles. The van der Waals surface area contributed by atoms with Gasteiger partial charge < -0.3 is 55.4 Å². The lowest BCUT2D eigenvalue weighted by molar-refractivity contribution is -0.631. The van der Waals surface area contributed by atoms with E-state index in [0.29, 0.717) is 24.3 Å². The van der Waals surface area contributed by atoms with Crippen molar-refractivity contribution >= 4 is 23.5 Å². The highest BCUT2D eigenvalue weighted by atomic mass is 17.2. The van der Waals surface area contributed by atoms with Crippen molar-refractivity contribution in [2.75, 3.05) is 6.61 Å². The Kier molecular flexibility index (Phi) is 10.7. The molecular weight excluding hydrogens is 760 g/mol. The van der Waals surface area contributed by atoms with Crippen molar-refractivity contribution in [2.45, 2.75) is 28.7 Å². The summed E-state index contributed by atoms with van der Waals surface area (Å²) in [6, 6.07) is 12.5. The zero-order valence-corrected chi connectivity index (χ0v) is 27.7. The molecule has 0 unspecified atom stereocenters. The Balaban J connectivity index is 1.92. The fraction of sp³-hybridized carbons (Fsp3) is 0.176. The van der Waals surface area contributed by atoms with Gasteiger partial charge in [0, 0.05) is 11.1 Å². The van der Waals surface area contributed by atoms with E-state index in [9.17, 15) is 80.9 Å². The molecule has 0 saturated carbocycles. The molecule has 1 fully saturated rings. The normalized spacial score (nSPS) is 25.9. The van der Waals surface area contributed by atoms with Gasteiger partial charge in [0.05, 0.1) is 11.1 Å². The van der Waals surface area contributed by atoms with Crippen molar-refractivity contribution in [3.8, 4) is 34.5 Å². The molecule has 12 N–H and O–H groups in total. The van der Waals surface area contributed by atoms with Crippen molar-refractivity contribution in [1.82, 2.24) is 0 Å². The Bertz CT molecular complexity index is 2130. The van der Waals surface area contributed by atoms with Gasteiger partial charge in [-0.05, 0) is 24.3 Å². The molecule has 0 amide bonds. The molecule has 296 valence electrons. The van der Waals surface area contributed by atoms with E-state index in [1.54, 1.807) is 0 Å². The van der Waals surface area contributed by atoms with Crippen LogP contribution in [0.3, 0.4) is 0 Å². The molecule has 0 aliphatic carbocycles. The predicted molar refractivity (Wildman–Crippen MR) is 173 cm³/mol. The smallest absolute Gasteiger partial charge is 0.395 e. The van der Waals surface area contributed by atoms with Crippen LogP contribution in [0.5, 0.6) is 34.5 Å². The van der Waals surface area contributed by atoms with E-state index >= 15 is 0 Å². The third kappa shape index (κ3) is 5.96. The summed E-state index contributed by atoms with van der Waals surface area (Å²) in [6.07, 6.45) is 0. The van der Waals surface area contributed by atoms with E-state index in [2.05, 4.69) is 14.7 Å². The van der Waals surface area contributed by atoms with E-state index in [4.69, 9.17) is 14.2 Å². The van der Waals surface area contributed by atoms with Gasteiger partial charge in [-0.3, -0.25) is 24.8 Å². The van der Waals surface area contributed by atoms with Crippen LogP contribution in [0.2, 0.25) is 0 Å². The highest BCUT2D eigenvalue weighted by Crippen LogP contribution is 2.58. The maximum atomic E-state index is 14.8. The second kappa shape index (κ2) is 14.7. The van der Waals surface area contributed by atoms with Gasteiger partial charge in [0.25, 0.3) is 5.60 Å². The van der Waals surface area contributed by atoms with Gasteiger partial charge in [-0.15, -0.1) is 0 Å². The van der Waals surface area contributed by atoms with Crippen LogP contribution >= 0.6 is 0 Å². The van der Waals surface area contributed by atoms with Crippen LogP contribution in [0.15, 0.2) is 84.9 Å². The number of aromatic hydroxyl groups is 6. The lowest BCUT2D eigenvalue weighted by Gasteiger charge is -2.61. The highest BCUT2D eigenvalue weighted by molar-refractivity contribution is 6.14. The Morgan fingerprint density at radius 3 is 1.34 bits per heavy atom. The van der Waals surface area contributed by atoms with Gasteiger partial charge in [-0.2, -0.15) is 4.89 Å². The Morgan fingerprint density at radius 2 is 0.946 bits per heavy atom. The number of esters is 2. The second-order valence-corrected chi connectivity index (χ2v) is 11.8. The summed E-state index contributed by atoms with van der Waals surface area (Å²) < 4.78 is 15.2. The van der Waals surface area contributed by atoms with Gasteiger partial charge in [-0.25, -0.2) is 24.6 Å². The number of hydrogen-bond donors (Lipinski definition) is 12. The zero-order valence-electron chi connectivity index (χ0n) is 27.7. The maximum absolute atomic E-state index is 14.8. The van der Waals surface area contributed by atoms with Crippen molar-refractivity contribution in [2.24, 2.45) is 0 Å². The molecule has 0 aromatic heterocycles. The molecule has 0 spiro atoms. The van der Waals surface area contributed by atoms with Crippen molar-refractivity contribution < 1.29 is 110 Å². The van der Waals surface area contributed by atoms with Gasteiger partial charge in [0.2, 0.25) is 17.2 Å². The van der Waals surface area contributed by atoms with E-state index in [1.807, 2.05) is 0 Å². The van der Waals surface area contributed by atoms with Crippen LogP contribution in [0, 0.1) is 0 Å². The fourth-order valence-electron chi connectivity index (χ4n) is 5.90. The molecule has 1 heterocycles. The molecule has 0 radical (unpaired) electrons. The molecule has 4 aromatic rings. The van der Waals surface area contributed by atoms with E-state index in [-0.39, 0.29) is 0 Å². The largest absolute Gasteiger partial charge is 0.504 e. The number of ether oxygens (including phenoxy) is 3. The summed E-state index contributed by atoms with van der Waals surface area (Å²) in [5, 5.41) is 127. The summed E-state index contributed by atoms with van der Waals surface area (Å²) in [4.78, 5) is 69.5. The Hall–Kier alpha value is -6.44. The lowest BCUT2D eigenvalue weighted by Crippen LogP contribution is -2.93. The summed E-state index contributed by atoms with van der Waals surface area (Å²) in [7, 11) is 0. The fourth-order valence-corrected chi connectivity index (χ4v) is 5.90. The summed E-state index contributed by atoms with van der Waals surface area (Å²) >= 11 is 0. The highest BCUT2D eigenvalue weighted by Gasteiger charge is 2.93. The topological polar surface area (TPSA) is 366 Å². The molecule has 1 saturated heterocycles. The number of carbonyl (C=O) groups is 4. The molecule has 0 bridgehead atoms. The first-order valence-corrected chi connectivity index (χ1v) is 15.3. The number of Topliss-reactive ketones (excluding diaryl/α,β-unsaturated/α-hetero) is 2. The Labute approximate surface area is 310 Å². The lowest BCUT2D eigenvalue weighted by atomic mass is 9.63. The number of phenolic OH excluding ortho intramolecular Hbond substituents is 6. The number of hydrogen-bond acceptors (Lipinski definition) is 22. The van der Waals surface area contributed by atoms with E-state index < -0.39 is 116 Å². The first-order chi connectivity index (χ1) is 26.3. The zero-order chi connectivity index (χ0) is 41.4. The molecule has 22 heteroatoms. The van der Waals surface area contributed by atoms with Crippen molar-refractivity contribution in [3.05, 3.63) is 107 Å². The monoisotopic (exact) mass is 788 g/mol. The summed E-state index contributed by atoms with van der Waals surface area (Å²) in [5.41, 5.74) is -12.2. The molecule has 22 nitrogen and oxygen atoms in total. The number of ketones is 2. The molecule has 1 aliphatic heterocycles. The van der Waals surface area contributed by atoms with Gasteiger partial charge in [-0.1, -0.05) is 60.7 Å². The van der Waals surface area contributed by atoms with Crippen LogP contribution in [-0.4, -0.2) is 121 Å². The Morgan fingerprint density at radius 1 is 0.536 bits per heavy atom. The SMILES string of the molecule is O=C(O[C@]1(O)O[C@](COO)(C(=O)c2ccccc2)[C@@](OO)(C(=O)c2ccccc2)[C@](O)(OC(=O)c2cc(O)c(O)c(O)c2)[C@]1(O)OO)c1cc(O)c(O)c(O)c1. The van der Waals surface area contributed by atoms with Crippen LogP contribution in [0.4, 0.5) is 0 Å². The van der Waals surface area contributed by atoms with E-state index in [1.165, 1.54) is 24.3 Å². The number of benzene rings is 4. The average Bonchev–Trinajstić information content (AvgIpc) is 3.18. The third-order valence-corrected chi connectivity index (χ3v) is 8.62. The van der Waals surface area contributed by atoms with Crippen LogP contribution in [-0.2, 0) is 28.9 Å². The third-order valence-electron chi connectivity index (χ3n) is 8.62. The number of rotatable bonds is 12. The van der Waals surface area contributed by atoms with Gasteiger partial charge in [0.15, 0.2) is 34.5 Å². The van der Waals surface area contributed by atoms with Gasteiger partial charge >= 0.3 is 29.5 Å². The number of phenols is 6. The van der Waals surface area contributed by atoms with Crippen LogP contribution in [0.25, 0.3) is 0 Å². The number of aliphatic hydroxyl groups is 3. The molecule has 1 aliphatic rings. The van der Waals surface area contributed by atoms with Crippen molar-refractivity contribution in [3.63, 3.8) is 0 Å². The van der Waals surface area contributed by atoms with Crippen molar-refractivity contribution in [1.29, 1.82) is 0 Å². The minimum Gasteiger partial charge on any atom is -0.504 e. The predicted octanol–water partition coefficient (Wildman–Crippen LogP) is 0.700. The van der Waals surface area contributed by atoms with E-state index in [0.717, 1.165) is 36.4 Å². The summed E-state index contributed by atoms with van der Waals surface area (Å²) in [5.74, 6) is -30.3. The summed E-state index contributed by atoms with van der Waals surface area (Å²) in [6.45, 7) is -1.97. The molecule has 56 heavy (non-hydrogen) atoms. The maximum Gasteiger partial charge on any atom is 0.395 e. The first kappa shape index (κ1) is 40.7. The molecule has 5 atom stereocenters. The first-order valence-electron chi connectivity index (χ1n) is 15.3. The van der Waals surface area contributed by atoms with Gasteiger partial charge in [0.1, 0.15) is 6.61 Å². The molecular formula is C34H28O22. The minimum atomic E-state index is -5.04. The average molecular weight is 789 g/mol. The molecule has 5 rings (SSSR count). The standard InChI is InChI=1S/C34H28O22/c35-20-11-18(12-21(36)24(20)39)28(43)52-32(45)31(55-49,27(42)17-9-5-2-6-10-17)30(15-51-48,26(41)16-7-3-1-4-8-16)54-34(47,33(32,46)56-50)53-29(44)19-13-22(37)25(40)23(38)14-19/h1-14,35-40,45-50H,15H2/t30-,31+,32+,33+,34+/m1/s1. The van der Waals surface area contributed by atoms with Crippen LogP contribution in [0.1, 0.15) is 41.4 Å². The van der Waals surface area contributed by atoms with Crippen LogP contribution < -0.4 is 0 Å².